The summed E-state index contributed by atoms with van der Waals surface area (Å²) in [6.45, 7) is 5.80. The van der Waals surface area contributed by atoms with Crippen molar-refractivity contribution in [2.45, 2.75) is 20.4 Å². The lowest BCUT2D eigenvalue weighted by Crippen LogP contribution is -2.39. The fourth-order valence-electron chi connectivity index (χ4n) is 1.80. The van der Waals surface area contributed by atoms with Crippen LogP contribution in [0.3, 0.4) is 0 Å². The fraction of sp³-hybridized carbons (Fsp3) is 0.357. The highest BCUT2D eigenvalue weighted by molar-refractivity contribution is 7.13. The van der Waals surface area contributed by atoms with Gasteiger partial charge in [-0.15, -0.1) is 11.3 Å². The highest BCUT2D eigenvalue weighted by Crippen LogP contribution is 2.22. The van der Waals surface area contributed by atoms with Crippen LogP contribution >= 0.6 is 11.3 Å². The molecule has 0 aliphatic heterocycles. The van der Waals surface area contributed by atoms with Crippen LogP contribution in [-0.2, 0) is 6.54 Å². The van der Waals surface area contributed by atoms with Gasteiger partial charge in [-0.2, -0.15) is 0 Å². The molecular weight excluding hydrogens is 272 g/mol. The first-order valence-corrected chi connectivity index (χ1v) is 7.50. The molecule has 106 valence electrons. The average Bonchev–Trinajstić information content (AvgIpc) is 2.96. The lowest BCUT2D eigenvalue weighted by molar-refractivity contribution is 0.202. The molecule has 0 radical (unpaired) electrons. The number of urea groups is 1. The quantitative estimate of drug-likeness (QED) is 0.921. The molecule has 0 unspecified atom stereocenters. The second-order valence-electron chi connectivity index (χ2n) is 4.22. The lowest BCUT2D eigenvalue weighted by Gasteiger charge is -2.18. The first kappa shape index (κ1) is 14.5. The number of pyridine rings is 1. The van der Waals surface area contributed by atoms with Gasteiger partial charge in [0, 0.05) is 36.4 Å². The van der Waals surface area contributed by atoms with E-state index in [1.807, 2.05) is 31.4 Å². The van der Waals surface area contributed by atoms with Gasteiger partial charge in [0.05, 0.1) is 12.2 Å². The van der Waals surface area contributed by atoms with Crippen molar-refractivity contribution in [2.75, 3.05) is 13.1 Å². The molecule has 0 aliphatic rings. The van der Waals surface area contributed by atoms with Crippen LogP contribution in [0, 0.1) is 0 Å². The third kappa shape index (κ3) is 3.54. The minimum Gasteiger partial charge on any atom is -0.332 e. The Bertz CT molecular complexity index is 551. The summed E-state index contributed by atoms with van der Waals surface area (Å²) in [5.41, 5.74) is 1.87. The Morgan fingerprint density at radius 2 is 2.20 bits per heavy atom. The van der Waals surface area contributed by atoms with E-state index in [9.17, 15) is 4.79 Å². The maximum absolute atomic E-state index is 11.8. The number of nitrogens with one attached hydrogen (secondary N) is 1. The fourth-order valence-corrected chi connectivity index (χ4v) is 2.61. The molecule has 2 amide bonds. The second-order valence-corrected chi connectivity index (χ2v) is 5.07. The Hall–Kier alpha value is -1.95. The molecule has 0 aliphatic carbocycles. The van der Waals surface area contributed by atoms with E-state index < -0.39 is 0 Å². The number of carbonyl (C=O) groups is 1. The van der Waals surface area contributed by atoms with Crippen molar-refractivity contribution in [2.24, 2.45) is 0 Å². The highest BCUT2D eigenvalue weighted by Gasteiger charge is 2.10. The summed E-state index contributed by atoms with van der Waals surface area (Å²) in [6.07, 6.45) is 3.53. The van der Waals surface area contributed by atoms with Gasteiger partial charge in [0.25, 0.3) is 0 Å². The van der Waals surface area contributed by atoms with Crippen LogP contribution in [0.15, 0.2) is 29.9 Å². The van der Waals surface area contributed by atoms with Crippen LogP contribution in [0.5, 0.6) is 0 Å². The Morgan fingerprint density at radius 1 is 1.40 bits per heavy atom. The zero-order chi connectivity index (χ0) is 14.4. The third-order valence-electron chi connectivity index (χ3n) is 2.93. The van der Waals surface area contributed by atoms with Crippen LogP contribution in [0.2, 0.25) is 0 Å². The minimum absolute atomic E-state index is 0.0501. The summed E-state index contributed by atoms with van der Waals surface area (Å²) < 4.78 is 0. The smallest absolute Gasteiger partial charge is 0.317 e. The standard InChI is InChI=1S/C14H18N4OS/c1-3-18(4-2)14(19)16-9-12-10-20-13(17-12)11-6-5-7-15-8-11/h5-8,10H,3-4,9H2,1-2H3,(H,16,19). The van der Waals surface area contributed by atoms with Crippen molar-refractivity contribution in [3.8, 4) is 10.6 Å². The molecule has 0 bridgehead atoms. The highest BCUT2D eigenvalue weighted by atomic mass is 32.1. The Kier molecular flexibility index (Phi) is 5.06. The van der Waals surface area contributed by atoms with Gasteiger partial charge in [-0.05, 0) is 26.0 Å². The monoisotopic (exact) mass is 290 g/mol. The van der Waals surface area contributed by atoms with Crippen molar-refractivity contribution >= 4 is 17.4 Å². The first-order chi connectivity index (χ1) is 9.74. The molecule has 6 heteroatoms. The second kappa shape index (κ2) is 7.00. The molecule has 0 spiro atoms. The van der Waals surface area contributed by atoms with E-state index in [0.717, 1.165) is 16.3 Å². The number of hydrogen-bond donors (Lipinski definition) is 1. The largest absolute Gasteiger partial charge is 0.332 e. The van der Waals surface area contributed by atoms with Crippen LogP contribution in [-0.4, -0.2) is 34.0 Å². The minimum atomic E-state index is -0.0501. The number of amides is 2. The molecule has 5 nitrogen and oxygen atoms in total. The van der Waals surface area contributed by atoms with Crippen LogP contribution in [0.25, 0.3) is 10.6 Å². The number of hydrogen-bond acceptors (Lipinski definition) is 4. The van der Waals surface area contributed by atoms with Gasteiger partial charge >= 0.3 is 6.03 Å². The van der Waals surface area contributed by atoms with Crippen LogP contribution < -0.4 is 5.32 Å². The number of rotatable bonds is 5. The number of nitrogens with zero attached hydrogens (tertiary/aromatic N) is 3. The van der Waals surface area contributed by atoms with E-state index in [0.29, 0.717) is 19.6 Å². The summed E-state index contributed by atoms with van der Waals surface area (Å²) in [4.78, 5) is 22.2. The molecular formula is C14H18N4OS. The summed E-state index contributed by atoms with van der Waals surface area (Å²) in [7, 11) is 0. The van der Waals surface area contributed by atoms with E-state index in [-0.39, 0.29) is 6.03 Å². The number of carbonyl (C=O) groups excluding carboxylic acids is 1. The maximum atomic E-state index is 11.8. The summed E-state index contributed by atoms with van der Waals surface area (Å²) >= 11 is 1.56. The van der Waals surface area contributed by atoms with Crippen LogP contribution in [0.1, 0.15) is 19.5 Å². The predicted octanol–water partition coefficient (Wildman–Crippen LogP) is 2.76. The van der Waals surface area contributed by atoms with Gasteiger partial charge in [-0.3, -0.25) is 4.98 Å². The van der Waals surface area contributed by atoms with Gasteiger partial charge in [0.1, 0.15) is 5.01 Å². The van der Waals surface area contributed by atoms with Gasteiger partial charge in [-0.1, -0.05) is 0 Å². The molecule has 1 N–H and O–H groups in total. The lowest BCUT2D eigenvalue weighted by atomic mass is 10.3. The van der Waals surface area contributed by atoms with E-state index in [2.05, 4.69) is 15.3 Å². The third-order valence-corrected chi connectivity index (χ3v) is 3.87. The van der Waals surface area contributed by atoms with Crippen molar-refractivity contribution in [1.82, 2.24) is 20.2 Å². The van der Waals surface area contributed by atoms with Gasteiger partial charge in [0.2, 0.25) is 0 Å². The van der Waals surface area contributed by atoms with E-state index >= 15 is 0 Å². The van der Waals surface area contributed by atoms with Gasteiger partial charge in [-0.25, -0.2) is 9.78 Å². The van der Waals surface area contributed by atoms with Crippen molar-refractivity contribution in [1.29, 1.82) is 0 Å². The van der Waals surface area contributed by atoms with Crippen LogP contribution in [0.4, 0.5) is 4.79 Å². The molecule has 0 aromatic carbocycles. The molecule has 2 heterocycles. The zero-order valence-corrected chi connectivity index (χ0v) is 12.5. The van der Waals surface area contributed by atoms with Crippen molar-refractivity contribution in [3.63, 3.8) is 0 Å². The molecule has 0 saturated carbocycles. The van der Waals surface area contributed by atoms with E-state index in [1.54, 1.807) is 28.6 Å². The van der Waals surface area contributed by atoms with Gasteiger partial charge < -0.3 is 10.2 Å². The topological polar surface area (TPSA) is 58.1 Å². The maximum Gasteiger partial charge on any atom is 0.317 e. The average molecular weight is 290 g/mol. The SMILES string of the molecule is CCN(CC)C(=O)NCc1csc(-c2cccnc2)n1. The normalized spacial score (nSPS) is 10.3. The molecule has 2 rings (SSSR count). The molecule has 0 atom stereocenters. The first-order valence-electron chi connectivity index (χ1n) is 6.62. The Morgan fingerprint density at radius 3 is 2.85 bits per heavy atom. The van der Waals surface area contributed by atoms with E-state index in [4.69, 9.17) is 0 Å². The van der Waals surface area contributed by atoms with E-state index in [1.165, 1.54) is 0 Å². The Labute approximate surface area is 122 Å². The molecule has 0 saturated heterocycles. The number of thiazole rings is 1. The zero-order valence-electron chi connectivity index (χ0n) is 11.7. The van der Waals surface area contributed by atoms with Crippen molar-refractivity contribution in [3.05, 3.63) is 35.6 Å². The summed E-state index contributed by atoms with van der Waals surface area (Å²) in [6, 6.07) is 3.81. The van der Waals surface area contributed by atoms with Crippen molar-refractivity contribution < 1.29 is 4.79 Å². The van der Waals surface area contributed by atoms with Gasteiger partial charge in [0.15, 0.2) is 0 Å². The Balaban J connectivity index is 1.95. The molecule has 2 aromatic heterocycles. The summed E-state index contributed by atoms with van der Waals surface area (Å²) in [5.74, 6) is 0. The molecule has 0 fully saturated rings. The number of aromatic nitrogens is 2. The summed E-state index contributed by atoms with van der Waals surface area (Å²) in [5, 5.41) is 5.77. The molecule has 2 aromatic rings. The predicted molar refractivity (Wildman–Crippen MR) is 80.5 cm³/mol. The molecule has 20 heavy (non-hydrogen) atoms.